The molecule has 0 saturated carbocycles. The predicted molar refractivity (Wildman–Crippen MR) is 70.8 cm³/mol. The van der Waals surface area contributed by atoms with Gasteiger partial charge in [0.1, 0.15) is 0 Å². The molecule has 78 valence electrons. The van der Waals surface area contributed by atoms with E-state index in [1.165, 1.54) is 9.75 Å². The molecule has 0 N–H and O–H groups in total. The van der Waals surface area contributed by atoms with E-state index in [2.05, 4.69) is 55.7 Å². The van der Waals surface area contributed by atoms with E-state index in [-0.39, 0.29) is 5.41 Å². The number of halogens is 2. The summed E-state index contributed by atoms with van der Waals surface area (Å²) in [5.74, 6) is 0. The molecule has 2 aromatic rings. The molecule has 0 amide bonds. The average molecular weight is 366 g/mol. The molecule has 0 spiro atoms. The molecule has 0 atom stereocenters. The predicted octanol–water partition coefficient (Wildman–Crippen LogP) is 4.43. The molecular weight excluding hydrogens is 360 g/mol. The van der Waals surface area contributed by atoms with E-state index in [1.54, 1.807) is 22.7 Å². The van der Waals surface area contributed by atoms with Crippen LogP contribution in [0.2, 0.25) is 0 Å². The van der Waals surface area contributed by atoms with E-state index >= 15 is 0 Å². The molecule has 0 saturated heterocycles. The quantitative estimate of drug-likeness (QED) is 0.690. The third-order valence-electron chi connectivity index (χ3n) is 2.59. The summed E-state index contributed by atoms with van der Waals surface area (Å²) in [6.07, 6.45) is 0. The van der Waals surface area contributed by atoms with Crippen molar-refractivity contribution in [1.82, 2.24) is 9.97 Å². The van der Waals surface area contributed by atoms with Crippen molar-refractivity contribution < 1.29 is 0 Å². The van der Waals surface area contributed by atoms with Crippen molar-refractivity contribution >= 4 is 54.5 Å². The minimum absolute atomic E-state index is 0.0598. The lowest BCUT2D eigenvalue weighted by Crippen LogP contribution is -2.16. The molecule has 2 aromatic heterocycles. The Balaban J connectivity index is 2.38. The van der Waals surface area contributed by atoms with Crippen LogP contribution < -0.4 is 0 Å². The zero-order valence-corrected chi connectivity index (χ0v) is 12.8. The number of aromatic nitrogens is 2. The Kier molecular flexibility index (Phi) is 2.16. The molecule has 0 bridgehead atoms. The molecule has 0 fully saturated rings. The van der Waals surface area contributed by atoms with Gasteiger partial charge in [0.15, 0.2) is 7.83 Å². The van der Waals surface area contributed by atoms with Gasteiger partial charge in [-0.15, -0.1) is 22.7 Å². The van der Waals surface area contributed by atoms with E-state index in [0.717, 1.165) is 19.2 Å². The smallest absolute Gasteiger partial charge is 0.160 e. The van der Waals surface area contributed by atoms with Gasteiger partial charge in [-0.25, -0.2) is 9.97 Å². The van der Waals surface area contributed by atoms with Crippen molar-refractivity contribution in [1.29, 1.82) is 0 Å². The molecule has 2 heterocycles. The van der Waals surface area contributed by atoms with Crippen molar-refractivity contribution in [3.63, 3.8) is 0 Å². The van der Waals surface area contributed by atoms with Gasteiger partial charge in [0, 0.05) is 0 Å². The number of hydrogen-bond acceptors (Lipinski definition) is 4. The van der Waals surface area contributed by atoms with E-state index in [1.807, 2.05) is 0 Å². The fourth-order valence-corrected chi connectivity index (χ4v) is 5.22. The van der Waals surface area contributed by atoms with Crippen molar-refractivity contribution in [2.24, 2.45) is 0 Å². The maximum Gasteiger partial charge on any atom is 0.160 e. The number of fused-ring (bicyclic) bond motifs is 3. The van der Waals surface area contributed by atoms with Crippen LogP contribution in [-0.4, -0.2) is 9.97 Å². The maximum atomic E-state index is 4.55. The van der Waals surface area contributed by atoms with Crippen molar-refractivity contribution in [2.45, 2.75) is 19.3 Å². The van der Waals surface area contributed by atoms with Gasteiger partial charge in [-0.2, -0.15) is 0 Å². The average Bonchev–Trinajstić information content (AvgIpc) is 2.72. The first kappa shape index (κ1) is 10.4. The zero-order chi connectivity index (χ0) is 10.8. The topological polar surface area (TPSA) is 25.8 Å². The van der Waals surface area contributed by atoms with Gasteiger partial charge >= 0.3 is 0 Å². The standard InChI is InChI=1S/C9H6Br2N2S2/c1-9(2)5-3(14-7(10)12-5)4-6(9)13-8(11)15-4/h1-2H3. The SMILES string of the molecule is CC1(C)c2nc(Br)sc2-c2sc(Br)nc21. The first-order valence-electron chi connectivity index (χ1n) is 4.34. The van der Waals surface area contributed by atoms with Crippen molar-refractivity contribution in [2.75, 3.05) is 0 Å². The van der Waals surface area contributed by atoms with Crippen molar-refractivity contribution in [3.8, 4) is 9.75 Å². The minimum atomic E-state index is -0.0598. The van der Waals surface area contributed by atoms with Crippen LogP contribution in [0.5, 0.6) is 0 Å². The summed E-state index contributed by atoms with van der Waals surface area (Å²) >= 11 is 10.3. The van der Waals surface area contributed by atoms with Crippen LogP contribution in [0.25, 0.3) is 9.75 Å². The Labute approximate surface area is 112 Å². The fraction of sp³-hybridized carbons (Fsp3) is 0.333. The second-order valence-electron chi connectivity index (χ2n) is 3.91. The summed E-state index contributed by atoms with van der Waals surface area (Å²) in [6.45, 7) is 4.35. The van der Waals surface area contributed by atoms with Gasteiger partial charge in [0.2, 0.25) is 0 Å². The third-order valence-corrected chi connectivity index (χ3v) is 5.77. The molecule has 1 aliphatic rings. The number of hydrogen-bond donors (Lipinski definition) is 0. The largest absolute Gasteiger partial charge is 0.232 e. The molecule has 0 radical (unpaired) electrons. The molecule has 0 unspecified atom stereocenters. The van der Waals surface area contributed by atoms with E-state index in [4.69, 9.17) is 0 Å². The molecule has 15 heavy (non-hydrogen) atoms. The van der Waals surface area contributed by atoms with Crippen LogP contribution in [0.1, 0.15) is 25.2 Å². The first-order chi connectivity index (χ1) is 7.00. The Bertz CT molecular complexity index is 508. The van der Waals surface area contributed by atoms with Crippen LogP contribution in [0.4, 0.5) is 0 Å². The summed E-state index contributed by atoms with van der Waals surface area (Å²) in [6, 6.07) is 0. The van der Waals surface area contributed by atoms with Crippen LogP contribution in [0.15, 0.2) is 7.83 Å². The highest BCUT2D eigenvalue weighted by molar-refractivity contribution is 9.11. The lowest BCUT2D eigenvalue weighted by atomic mass is 9.90. The highest BCUT2D eigenvalue weighted by Gasteiger charge is 2.42. The molecular formula is C9H6Br2N2S2. The van der Waals surface area contributed by atoms with Gasteiger partial charge in [-0.1, -0.05) is 0 Å². The van der Waals surface area contributed by atoms with E-state index in [0.29, 0.717) is 0 Å². The highest BCUT2D eigenvalue weighted by Crippen LogP contribution is 2.54. The lowest BCUT2D eigenvalue weighted by molar-refractivity contribution is 0.619. The monoisotopic (exact) mass is 364 g/mol. The zero-order valence-electron chi connectivity index (χ0n) is 7.97. The normalized spacial score (nSPS) is 16.5. The second-order valence-corrected chi connectivity index (χ2v) is 8.46. The van der Waals surface area contributed by atoms with Crippen LogP contribution >= 0.6 is 54.5 Å². The molecule has 6 heteroatoms. The minimum Gasteiger partial charge on any atom is -0.232 e. The van der Waals surface area contributed by atoms with Gasteiger partial charge in [0.05, 0.1) is 26.6 Å². The third kappa shape index (κ3) is 1.31. The van der Waals surface area contributed by atoms with E-state index in [9.17, 15) is 0 Å². The molecule has 1 aliphatic carbocycles. The van der Waals surface area contributed by atoms with Gasteiger partial charge in [-0.05, 0) is 45.7 Å². The Morgan fingerprint density at radius 2 is 1.33 bits per heavy atom. The summed E-state index contributed by atoms with van der Waals surface area (Å²) < 4.78 is 1.91. The van der Waals surface area contributed by atoms with Crippen LogP contribution in [0.3, 0.4) is 0 Å². The Hall–Kier alpha value is 0.220. The molecule has 2 nitrogen and oxygen atoms in total. The maximum absolute atomic E-state index is 4.55. The fourth-order valence-electron chi connectivity index (χ4n) is 1.86. The molecule has 3 rings (SSSR count). The van der Waals surface area contributed by atoms with Gasteiger partial charge in [-0.3, -0.25) is 0 Å². The van der Waals surface area contributed by atoms with Crippen LogP contribution in [0, 0.1) is 0 Å². The summed E-state index contributed by atoms with van der Waals surface area (Å²) in [5.41, 5.74) is 2.25. The summed E-state index contributed by atoms with van der Waals surface area (Å²) in [5, 5.41) is 0. The van der Waals surface area contributed by atoms with E-state index < -0.39 is 0 Å². The highest BCUT2D eigenvalue weighted by atomic mass is 79.9. The van der Waals surface area contributed by atoms with Gasteiger partial charge in [0.25, 0.3) is 0 Å². The number of rotatable bonds is 0. The number of nitrogens with zero attached hydrogens (tertiary/aromatic N) is 2. The lowest BCUT2D eigenvalue weighted by Gasteiger charge is -2.15. The Morgan fingerprint density at radius 3 is 1.73 bits per heavy atom. The summed E-state index contributed by atoms with van der Waals surface area (Å²) in [7, 11) is 0. The summed E-state index contributed by atoms with van der Waals surface area (Å²) in [4.78, 5) is 11.6. The van der Waals surface area contributed by atoms with Gasteiger partial charge < -0.3 is 0 Å². The van der Waals surface area contributed by atoms with Crippen LogP contribution in [-0.2, 0) is 5.41 Å². The molecule has 0 aliphatic heterocycles. The van der Waals surface area contributed by atoms with Crippen molar-refractivity contribution in [3.05, 3.63) is 19.2 Å². The first-order valence-corrected chi connectivity index (χ1v) is 7.56. The Morgan fingerprint density at radius 1 is 0.933 bits per heavy atom. The molecule has 0 aromatic carbocycles. The number of thiazole rings is 2. The second kappa shape index (κ2) is 3.12.